The van der Waals surface area contributed by atoms with Gasteiger partial charge in [0.2, 0.25) is 0 Å². The van der Waals surface area contributed by atoms with E-state index in [1.54, 1.807) is 6.92 Å². The van der Waals surface area contributed by atoms with Gasteiger partial charge in [-0.1, -0.05) is 0 Å². The van der Waals surface area contributed by atoms with Crippen molar-refractivity contribution in [3.63, 3.8) is 0 Å². The molecule has 1 aromatic rings. The average Bonchev–Trinajstić information content (AvgIpc) is 3.09. The lowest BCUT2D eigenvalue weighted by Crippen LogP contribution is -2.48. The van der Waals surface area contributed by atoms with E-state index in [1.165, 1.54) is 10.3 Å². The van der Waals surface area contributed by atoms with Gasteiger partial charge in [0.1, 0.15) is 5.69 Å². The number of carbonyl (C=O) groups excluding carboxylic acids is 2. The van der Waals surface area contributed by atoms with E-state index in [0.717, 1.165) is 16.2 Å². The van der Waals surface area contributed by atoms with Crippen LogP contribution in [0.25, 0.3) is 0 Å². The van der Waals surface area contributed by atoms with E-state index >= 15 is 0 Å². The van der Waals surface area contributed by atoms with Gasteiger partial charge in [0, 0.05) is 37.4 Å². The summed E-state index contributed by atoms with van der Waals surface area (Å²) in [5.74, 6) is -4.04. The van der Waals surface area contributed by atoms with Crippen LogP contribution in [0.2, 0.25) is 0 Å². The summed E-state index contributed by atoms with van der Waals surface area (Å²) in [6.07, 6.45) is -1.83. The number of thiazole rings is 1. The Morgan fingerprint density at radius 1 is 1.28 bits per heavy atom. The summed E-state index contributed by atoms with van der Waals surface area (Å²) in [6.45, 7) is 1.05. The number of rotatable bonds is 2. The number of piperidine rings is 1. The smallest absolute Gasteiger partial charge is 0.283 e. The Balaban J connectivity index is 1.72. The molecule has 25 heavy (non-hydrogen) atoms. The fourth-order valence-electron chi connectivity index (χ4n) is 3.25. The van der Waals surface area contributed by atoms with Crippen molar-refractivity contribution in [2.24, 2.45) is 0 Å². The maximum absolute atomic E-state index is 13.5. The molecular formula is C15H19F2N3O4S. The lowest BCUT2D eigenvalue weighted by molar-refractivity contribution is -0.00387. The third-order valence-corrected chi connectivity index (χ3v) is 5.22. The third-order valence-electron chi connectivity index (χ3n) is 4.39. The third kappa shape index (κ3) is 3.80. The van der Waals surface area contributed by atoms with Crippen LogP contribution in [0.5, 0.6) is 0 Å². The monoisotopic (exact) mass is 375 g/mol. The molecule has 3 atom stereocenters. The van der Waals surface area contributed by atoms with Gasteiger partial charge >= 0.3 is 0 Å². The molecule has 0 saturated carbocycles. The minimum Gasteiger partial charge on any atom is -0.391 e. The van der Waals surface area contributed by atoms with Crippen LogP contribution in [0.1, 0.15) is 40.1 Å². The van der Waals surface area contributed by atoms with E-state index in [4.69, 9.17) is 0 Å². The molecule has 2 aliphatic heterocycles. The summed E-state index contributed by atoms with van der Waals surface area (Å²) in [6, 6.07) is -0.601. The lowest BCUT2D eigenvalue weighted by Gasteiger charge is -2.32. The number of amides is 2. The molecule has 0 bridgehead atoms. The molecule has 7 nitrogen and oxygen atoms in total. The molecule has 0 aromatic carbocycles. The Labute approximate surface area is 146 Å². The highest BCUT2D eigenvalue weighted by Gasteiger charge is 2.45. The number of carbonyl (C=O) groups is 2. The average molecular weight is 375 g/mol. The quantitative estimate of drug-likeness (QED) is 0.789. The second-order valence-electron chi connectivity index (χ2n) is 6.63. The highest BCUT2D eigenvalue weighted by molar-refractivity contribution is 7.11. The Hall–Kier alpha value is -1.65. The summed E-state index contributed by atoms with van der Waals surface area (Å²) in [5.41, 5.74) is -0.0454. The highest BCUT2D eigenvalue weighted by atomic mass is 32.1. The zero-order valence-corrected chi connectivity index (χ0v) is 14.4. The predicted octanol–water partition coefficient (Wildman–Crippen LogP) is 0.580. The fourth-order valence-corrected chi connectivity index (χ4v) is 4.01. The second kappa shape index (κ2) is 6.58. The molecular weight excluding hydrogens is 356 g/mol. The molecule has 2 amide bonds. The molecule has 138 valence electrons. The highest BCUT2D eigenvalue weighted by Crippen LogP contribution is 2.32. The number of aliphatic hydroxyl groups is 2. The van der Waals surface area contributed by atoms with Crippen LogP contribution in [-0.2, 0) is 0 Å². The molecule has 0 aliphatic carbocycles. The number of aromatic nitrogens is 1. The molecule has 2 saturated heterocycles. The van der Waals surface area contributed by atoms with Crippen LogP contribution in [0.3, 0.4) is 0 Å². The standard InChI is InChI=1S/C15H19F2N3O4S/c1-8-3-15(16,17)7-20(8)13(23)11-6-25-12(18-11)14(24)19-4-9(21)2-10(22)5-19/h6,8-10,21-22H,2-5,7H2,1H3/t8?,9-,10+. The first-order valence-corrected chi connectivity index (χ1v) is 8.84. The van der Waals surface area contributed by atoms with Gasteiger partial charge in [0.25, 0.3) is 17.7 Å². The SMILES string of the molecule is CC1CC(F)(F)CN1C(=O)c1csc(C(=O)N2C[C@H](O)C[C@H](O)C2)n1. The van der Waals surface area contributed by atoms with E-state index < -0.39 is 49.0 Å². The van der Waals surface area contributed by atoms with Gasteiger partial charge < -0.3 is 20.0 Å². The van der Waals surface area contributed by atoms with Gasteiger partial charge in [-0.05, 0) is 6.92 Å². The first-order valence-electron chi connectivity index (χ1n) is 7.96. The van der Waals surface area contributed by atoms with E-state index in [-0.39, 0.29) is 30.2 Å². The second-order valence-corrected chi connectivity index (χ2v) is 7.49. The van der Waals surface area contributed by atoms with Gasteiger partial charge in [-0.3, -0.25) is 9.59 Å². The molecule has 1 unspecified atom stereocenters. The van der Waals surface area contributed by atoms with E-state index in [2.05, 4.69) is 4.98 Å². The predicted molar refractivity (Wildman–Crippen MR) is 84.7 cm³/mol. The van der Waals surface area contributed by atoms with Crippen LogP contribution in [0.15, 0.2) is 5.38 Å². The van der Waals surface area contributed by atoms with Crippen molar-refractivity contribution in [3.8, 4) is 0 Å². The molecule has 1 aromatic heterocycles. The van der Waals surface area contributed by atoms with Crippen molar-refractivity contribution in [3.05, 3.63) is 16.1 Å². The molecule has 0 radical (unpaired) electrons. The lowest BCUT2D eigenvalue weighted by atomic mass is 10.1. The minimum absolute atomic E-state index is 0.0308. The van der Waals surface area contributed by atoms with Gasteiger partial charge in [0.15, 0.2) is 5.01 Å². The van der Waals surface area contributed by atoms with Crippen molar-refractivity contribution < 1.29 is 28.6 Å². The number of nitrogens with zero attached hydrogens (tertiary/aromatic N) is 3. The number of aliphatic hydroxyl groups excluding tert-OH is 2. The first-order chi connectivity index (χ1) is 11.7. The molecule has 2 fully saturated rings. The van der Waals surface area contributed by atoms with Crippen LogP contribution in [0, 0.1) is 0 Å². The maximum Gasteiger partial charge on any atom is 0.283 e. The molecule has 2 aliphatic rings. The van der Waals surface area contributed by atoms with Gasteiger partial charge in [-0.2, -0.15) is 0 Å². The van der Waals surface area contributed by atoms with Crippen LogP contribution < -0.4 is 0 Å². The fraction of sp³-hybridized carbons (Fsp3) is 0.667. The Morgan fingerprint density at radius 3 is 2.48 bits per heavy atom. The van der Waals surface area contributed by atoms with Crippen molar-refractivity contribution in [2.45, 2.75) is 43.9 Å². The number of halogens is 2. The zero-order chi connectivity index (χ0) is 18.4. The van der Waals surface area contributed by atoms with Crippen LogP contribution >= 0.6 is 11.3 Å². The minimum atomic E-state index is -2.91. The van der Waals surface area contributed by atoms with E-state index in [0.29, 0.717) is 0 Å². The number of β-amino-alcohol motifs (C(OH)–C–C–N with tert-alkyl or cyclic N) is 2. The van der Waals surface area contributed by atoms with Crippen molar-refractivity contribution in [2.75, 3.05) is 19.6 Å². The Kier molecular flexibility index (Phi) is 4.78. The summed E-state index contributed by atoms with van der Waals surface area (Å²) in [5, 5.41) is 20.7. The molecule has 3 heterocycles. The summed E-state index contributed by atoms with van der Waals surface area (Å²) in [4.78, 5) is 31.1. The van der Waals surface area contributed by atoms with Crippen LogP contribution in [0.4, 0.5) is 8.78 Å². The number of likely N-dealkylation sites (tertiary alicyclic amines) is 2. The molecule has 2 N–H and O–H groups in total. The number of hydrogen-bond acceptors (Lipinski definition) is 6. The Morgan fingerprint density at radius 2 is 1.92 bits per heavy atom. The number of alkyl halides is 2. The van der Waals surface area contributed by atoms with Gasteiger partial charge in [0.05, 0.1) is 18.8 Å². The van der Waals surface area contributed by atoms with Crippen LogP contribution in [-0.4, -0.2) is 80.6 Å². The van der Waals surface area contributed by atoms with E-state index in [1.807, 2.05) is 0 Å². The topological polar surface area (TPSA) is 94.0 Å². The van der Waals surface area contributed by atoms with Gasteiger partial charge in [-0.25, -0.2) is 13.8 Å². The zero-order valence-electron chi connectivity index (χ0n) is 13.6. The summed E-state index contributed by atoms with van der Waals surface area (Å²) < 4.78 is 26.9. The molecule has 3 rings (SSSR count). The summed E-state index contributed by atoms with van der Waals surface area (Å²) in [7, 11) is 0. The van der Waals surface area contributed by atoms with Crippen molar-refractivity contribution >= 4 is 23.2 Å². The largest absolute Gasteiger partial charge is 0.391 e. The van der Waals surface area contributed by atoms with Gasteiger partial charge in [-0.15, -0.1) is 11.3 Å². The molecule has 0 spiro atoms. The maximum atomic E-state index is 13.5. The molecule has 10 heteroatoms. The van der Waals surface area contributed by atoms with Crippen molar-refractivity contribution in [1.29, 1.82) is 0 Å². The Bertz CT molecular complexity index is 673. The normalized spacial score (nSPS) is 29.1. The van der Waals surface area contributed by atoms with E-state index in [9.17, 15) is 28.6 Å². The number of hydrogen-bond donors (Lipinski definition) is 2. The first kappa shape index (κ1) is 18.2. The van der Waals surface area contributed by atoms with Crippen molar-refractivity contribution in [1.82, 2.24) is 14.8 Å². The summed E-state index contributed by atoms with van der Waals surface area (Å²) >= 11 is 0.941.